The third kappa shape index (κ3) is 4.34. The molecule has 5 rings (SSSR count). The first-order valence-corrected chi connectivity index (χ1v) is 10.7. The second-order valence-electron chi connectivity index (χ2n) is 8.28. The zero-order valence-corrected chi connectivity index (χ0v) is 17.8. The number of aliphatic hydroxyl groups excluding tert-OH is 1. The summed E-state index contributed by atoms with van der Waals surface area (Å²) in [5, 5.41) is 26.4. The molecule has 12 heteroatoms. The predicted molar refractivity (Wildman–Crippen MR) is 114 cm³/mol. The molecule has 176 valence electrons. The van der Waals surface area contributed by atoms with Crippen LogP contribution in [0.4, 0.5) is 24.7 Å². The van der Waals surface area contributed by atoms with E-state index in [9.17, 15) is 18.3 Å². The third-order valence-electron chi connectivity index (χ3n) is 5.90. The molecule has 0 amide bonds. The van der Waals surface area contributed by atoms with E-state index in [1.54, 1.807) is 6.07 Å². The van der Waals surface area contributed by atoms with Crippen LogP contribution in [-0.2, 0) is 0 Å². The van der Waals surface area contributed by atoms with Gasteiger partial charge in [-0.25, -0.2) is 0 Å². The van der Waals surface area contributed by atoms with Gasteiger partial charge in [-0.05, 0) is 37.8 Å². The number of fused-ring (bicyclic) bond motifs is 3. The number of halogens is 3. The molecule has 1 aliphatic heterocycles. The zero-order valence-electron chi connectivity index (χ0n) is 17.8. The van der Waals surface area contributed by atoms with Gasteiger partial charge in [-0.3, -0.25) is 0 Å². The number of ether oxygens (including phenoxy) is 2. The number of benzene rings is 1. The number of rotatable bonds is 4. The maximum Gasteiger partial charge on any atom is 0.573 e. The van der Waals surface area contributed by atoms with Crippen molar-refractivity contribution in [2.24, 2.45) is 0 Å². The summed E-state index contributed by atoms with van der Waals surface area (Å²) >= 11 is 0. The van der Waals surface area contributed by atoms with E-state index in [0.29, 0.717) is 54.5 Å². The monoisotopic (exact) mass is 464 g/mol. The molecule has 0 saturated heterocycles. The summed E-state index contributed by atoms with van der Waals surface area (Å²) in [6.07, 6.45) is -2.10. The summed E-state index contributed by atoms with van der Waals surface area (Å²) < 4.78 is 49.6. The molecule has 2 aliphatic rings. The zero-order chi connectivity index (χ0) is 23.2. The minimum Gasteiger partial charge on any atom is -0.486 e. The van der Waals surface area contributed by atoms with Crippen molar-refractivity contribution in [3.05, 3.63) is 24.3 Å². The lowest BCUT2D eigenvalue weighted by molar-refractivity contribution is -0.274. The van der Waals surface area contributed by atoms with Gasteiger partial charge < -0.3 is 24.8 Å². The van der Waals surface area contributed by atoms with Crippen molar-refractivity contribution >= 4 is 17.2 Å². The maximum absolute atomic E-state index is 12.7. The van der Waals surface area contributed by atoms with Gasteiger partial charge in [-0.1, -0.05) is 12.1 Å². The Morgan fingerprint density at radius 3 is 2.73 bits per heavy atom. The molecule has 0 spiro atoms. The van der Waals surface area contributed by atoms with E-state index in [1.807, 2.05) is 11.9 Å². The Morgan fingerprint density at radius 1 is 1.18 bits per heavy atom. The van der Waals surface area contributed by atoms with Gasteiger partial charge in [0.15, 0.2) is 17.4 Å². The van der Waals surface area contributed by atoms with Crippen LogP contribution in [0.2, 0.25) is 0 Å². The Morgan fingerprint density at radius 2 is 1.97 bits per heavy atom. The van der Waals surface area contributed by atoms with Crippen molar-refractivity contribution < 1.29 is 27.8 Å². The molecule has 33 heavy (non-hydrogen) atoms. The molecule has 0 bridgehead atoms. The first-order valence-electron chi connectivity index (χ1n) is 10.7. The van der Waals surface area contributed by atoms with Crippen LogP contribution in [0.5, 0.6) is 11.5 Å². The number of alkyl halides is 3. The molecule has 1 fully saturated rings. The minimum absolute atomic E-state index is 0.113. The van der Waals surface area contributed by atoms with Crippen LogP contribution in [0.1, 0.15) is 25.7 Å². The predicted octanol–water partition coefficient (Wildman–Crippen LogP) is 3.23. The maximum atomic E-state index is 12.7. The van der Waals surface area contributed by atoms with Gasteiger partial charge in [-0.2, -0.15) is 4.52 Å². The van der Waals surface area contributed by atoms with Crippen molar-refractivity contribution in [2.45, 2.75) is 44.2 Å². The number of anilines is 2. The number of hydrogen-bond donors (Lipinski definition) is 2. The molecule has 3 aromatic rings. The molecule has 0 radical (unpaired) electrons. The molecule has 0 unspecified atom stereocenters. The van der Waals surface area contributed by atoms with Gasteiger partial charge in [0.2, 0.25) is 5.65 Å². The molecule has 1 aliphatic carbocycles. The first-order chi connectivity index (χ1) is 15.8. The number of aliphatic hydroxyl groups is 1. The van der Waals surface area contributed by atoms with E-state index in [0.717, 1.165) is 12.8 Å². The summed E-state index contributed by atoms with van der Waals surface area (Å²) in [7, 11) is 1.91. The number of nitrogens with one attached hydrogen (secondary N) is 1. The van der Waals surface area contributed by atoms with Crippen molar-refractivity contribution in [1.82, 2.24) is 19.8 Å². The average molecular weight is 464 g/mol. The highest BCUT2D eigenvalue weighted by atomic mass is 19.4. The van der Waals surface area contributed by atoms with Gasteiger partial charge in [0.1, 0.15) is 18.0 Å². The Kier molecular flexibility index (Phi) is 5.39. The lowest BCUT2D eigenvalue weighted by Crippen LogP contribution is -2.32. The van der Waals surface area contributed by atoms with Crippen LogP contribution in [0.3, 0.4) is 0 Å². The second-order valence-corrected chi connectivity index (χ2v) is 8.28. The smallest absolute Gasteiger partial charge is 0.486 e. The van der Waals surface area contributed by atoms with Gasteiger partial charge >= 0.3 is 6.36 Å². The van der Waals surface area contributed by atoms with Crippen molar-refractivity contribution in [3.63, 3.8) is 0 Å². The molecular formula is C21H23F3N6O3. The largest absolute Gasteiger partial charge is 0.573 e. The Balaban J connectivity index is 1.58. The van der Waals surface area contributed by atoms with Gasteiger partial charge in [0, 0.05) is 18.7 Å². The fourth-order valence-corrected chi connectivity index (χ4v) is 4.28. The Hall–Kier alpha value is -3.28. The number of nitrogens with zero attached hydrogens (tertiary/aromatic N) is 5. The van der Waals surface area contributed by atoms with Gasteiger partial charge in [0.05, 0.1) is 12.6 Å². The van der Waals surface area contributed by atoms with Crippen LogP contribution in [0.15, 0.2) is 24.3 Å². The van der Waals surface area contributed by atoms with E-state index < -0.39 is 6.36 Å². The molecular weight excluding hydrogens is 441 g/mol. The van der Waals surface area contributed by atoms with Crippen LogP contribution >= 0.6 is 0 Å². The molecule has 1 aromatic carbocycles. The van der Waals surface area contributed by atoms with Crippen molar-refractivity contribution in [1.29, 1.82) is 0 Å². The van der Waals surface area contributed by atoms with Crippen LogP contribution in [0.25, 0.3) is 17.0 Å². The summed E-state index contributed by atoms with van der Waals surface area (Å²) in [4.78, 5) is 1.99. The highest BCUT2D eigenvalue weighted by Gasteiger charge is 2.32. The van der Waals surface area contributed by atoms with E-state index in [1.165, 1.54) is 22.7 Å². The lowest BCUT2D eigenvalue weighted by atomic mass is 9.93. The summed E-state index contributed by atoms with van der Waals surface area (Å²) in [6.45, 7) is 1.12. The highest BCUT2D eigenvalue weighted by Crippen LogP contribution is 2.41. The Bertz CT molecular complexity index is 1160. The first kappa shape index (κ1) is 21.6. The molecule has 1 saturated carbocycles. The van der Waals surface area contributed by atoms with E-state index in [4.69, 9.17) is 4.74 Å². The van der Waals surface area contributed by atoms with Gasteiger partial charge in [0.25, 0.3) is 0 Å². The van der Waals surface area contributed by atoms with E-state index in [-0.39, 0.29) is 23.7 Å². The Labute approximate surface area is 187 Å². The highest BCUT2D eigenvalue weighted by molar-refractivity contribution is 5.83. The van der Waals surface area contributed by atoms with Crippen LogP contribution < -0.4 is 19.7 Å². The SMILES string of the molecule is CN1CCOc2c(NC3CCC(O)CC3)nn3c(-c4cccc(OC(F)(F)F)c4)nnc3c21. The van der Waals surface area contributed by atoms with E-state index >= 15 is 0 Å². The topological polar surface area (TPSA) is 97.0 Å². The second kappa shape index (κ2) is 8.25. The van der Waals surface area contributed by atoms with Gasteiger partial charge in [-0.15, -0.1) is 28.5 Å². The molecule has 2 N–H and O–H groups in total. The van der Waals surface area contributed by atoms with Crippen LogP contribution in [-0.4, -0.2) is 63.6 Å². The number of aromatic nitrogens is 4. The van der Waals surface area contributed by atoms with E-state index in [2.05, 4.69) is 25.3 Å². The van der Waals surface area contributed by atoms with Crippen molar-refractivity contribution in [2.75, 3.05) is 30.4 Å². The molecule has 0 atom stereocenters. The average Bonchev–Trinajstić information content (AvgIpc) is 3.18. The van der Waals surface area contributed by atoms with Crippen LogP contribution in [0, 0.1) is 0 Å². The summed E-state index contributed by atoms with van der Waals surface area (Å²) in [5.74, 6) is 1.00. The third-order valence-corrected chi connectivity index (χ3v) is 5.90. The number of likely N-dealkylation sites (N-methyl/N-ethyl adjacent to an activating group) is 1. The lowest BCUT2D eigenvalue weighted by Gasteiger charge is -2.31. The van der Waals surface area contributed by atoms with Crippen molar-refractivity contribution in [3.8, 4) is 22.9 Å². The fraction of sp³-hybridized carbons (Fsp3) is 0.476. The molecule has 3 heterocycles. The normalized spacial score (nSPS) is 20.9. The summed E-state index contributed by atoms with van der Waals surface area (Å²) in [6, 6.07) is 5.67. The standard InChI is InChI=1S/C21H23F3N6O3/c1-29-9-10-32-17-16(29)20-27-26-19(12-3-2-4-15(11-12)33-21(22,23)24)30(20)28-18(17)25-13-5-7-14(31)8-6-13/h2-4,11,13-14,31H,5-10H2,1H3,(H,25,28). The quantitative estimate of drug-likeness (QED) is 0.608. The minimum atomic E-state index is -4.80. The fourth-order valence-electron chi connectivity index (χ4n) is 4.28. The molecule has 9 nitrogen and oxygen atoms in total. The molecule has 2 aromatic heterocycles. The summed E-state index contributed by atoms with van der Waals surface area (Å²) in [5.41, 5.74) is 1.52. The number of hydrogen-bond acceptors (Lipinski definition) is 8.